The standard InChI is InChI=1S/C6H10N4O/c1-3-6(11)7-5-4-10(2)9-8-5/h4H,3H2,1-2H3,(H,7,11). The van der Waals surface area contributed by atoms with E-state index in [1.54, 1.807) is 20.2 Å². The van der Waals surface area contributed by atoms with Crippen LogP contribution in [0.25, 0.3) is 0 Å². The molecule has 1 aromatic rings. The fraction of sp³-hybridized carbons (Fsp3) is 0.500. The molecule has 0 radical (unpaired) electrons. The van der Waals surface area contributed by atoms with E-state index in [1.165, 1.54) is 4.68 Å². The zero-order valence-electron chi connectivity index (χ0n) is 6.53. The van der Waals surface area contributed by atoms with Crippen LogP contribution in [0.3, 0.4) is 0 Å². The van der Waals surface area contributed by atoms with Gasteiger partial charge in [0.25, 0.3) is 0 Å². The van der Waals surface area contributed by atoms with Crippen LogP contribution in [0.1, 0.15) is 13.3 Å². The van der Waals surface area contributed by atoms with Crippen LogP contribution in [0.5, 0.6) is 0 Å². The van der Waals surface area contributed by atoms with Crippen LogP contribution < -0.4 is 5.32 Å². The lowest BCUT2D eigenvalue weighted by Crippen LogP contribution is -2.09. The van der Waals surface area contributed by atoms with Crippen molar-refractivity contribution in [1.29, 1.82) is 0 Å². The second kappa shape index (κ2) is 3.14. The van der Waals surface area contributed by atoms with Crippen molar-refractivity contribution in [3.05, 3.63) is 6.20 Å². The summed E-state index contributed by atoms with van der Waals surface area (Å²) in [6.45, 7) is 1.78. The maximum Gasteiger partial charge on any atom is 0.225 e. The average Bonchev–Trinajstić information content (AvgIpc) is 2.35. The molecular weight excluding hydrogens is 144 g/mol. The summed E-state index contributed by atoms with van der Waals surface area (Å²) >= 11 is 0. The van der Waals surface area contributed by atoms with Crippen LogP contribution in [0.2, 0.25) is 0 Å². The second-order valence-corrected chi connectivity index (χ2v) is 2.18. The number of carbonyl (C=O) groups excluding carboxylic acids is 1. The Labute approximate surface area is 64.4 Å². The fourth-order valence-corrected chi connectivity index (χ4v) is 0.636. The summed E-state index contributed by atoms with van der Waals surface area (Å²) < 4.78 is 1.53. The van der Waals surface area contributed by atoms with Gasteiger partial charge in [-0.25, -0.2) is 0 Å². The van der Waals surface area contributed by atoms with Crippen LogP contribution in [-0.2, 0) is 11.8 Å². The summed E-state index contributed by atoms with van der Waals surface area (Å²) in [4.78, 5) is 10.8. The minimum Gasteiger partial charge on any atom is -0.308 e. The van der Waals surface area contributed by atoms with Gasteiger partial charge in [0.15, 0.2) is 5.82 Å². The van der Waals surface area contributed by atoms with E-state index in [0.717, 1.165) is 0 Å². The Kier molecular flexibility index (Phi) is 2.20. The summed E-state index contributed by atoms with van der Waals surface area (Å²) in [5.41, 5.74) is 0. The van der Waals surface area contributed by atoms with E-state index in [-0.39, 0.29) is 5.91 Å². The van der Waals surface area contributed by atoms with Gasteiger partial charge in [-0.1, -0.05) is 12.1 Å². The molecule has 0 aromatic carbocycles. The molecule has 0 saturated carbocycles. The van der Waals surface area contributed by atoms with Gasteiger partial charge in [-0.15, -0.1) is 5.10 Å². The zero-order valence-corrected chi connectivity index (χ0v) is 6.53. The molecule has 1 rings (SSSR count). The van der Waals surface area contributed by atoms with Gasteiger partial charge >= 0.3 is 0 Å². The van der Waals surface area contributed by atoms with Crippen molar-refractivity contribution < 1.29 is 4.79 Å². The number of hydrogen-bond donors (Lipinski definition) is 1. The molecule has 0 unspecified atom stereocenters. The van der Waals surface area contributed by atoms with Crippen molar-refractivity contribution in [1.82, 2.24) is 15.0 Å². The Morgan fingerprint density at radius 2 is 2.55 bits per heavy atom. The largest absolute Gasteiger partial charge is 0.308 e. The predicted molar refractivity (Wildman–Crippen MR) is 39.9 cm³/mol. The summed E-state index contributed by atoms with van der Waals surface area (Å²) in [6, 6.07) is 0. The number of anilines is 1. The fourth-order valence-electron chi connectivity index (χ4n) is 0.636. The van der Waals surface area contributed by atoms with E-state index in [1.807, 2.05) is 0 Å². The summed E-state index contributed by atoms with van der Waals surface area (Å²) in [6.07, 6.45) is 2.10. The first-order valence-electron chi connectivity index (χ1n) is 3.38. The molecule has 60 valence electrons. The number of aromatic nitrogens is 3. The van der Waals surface area contributed by atoms with Crippen LogP contribution >= 0.6 is 0 Å². The van der Waals surface area contributed by atoms with E-state index < -0.39 is 0 Å². The van der Waals surface area contributed by atoms with Crippen molar-refractivity contribution in [3.8, 4) is 0 Å². The van der Waals surface area contributed by atoms with Crippen LogP contribution in [0.15, 0.2) is 6.20 Å². The number of nitrogens with zero attached hydrogens (tertiary/aromatic N) is 3. The van der Waals surface area contributed by atoms with E-state index in [4.69, 9.17) is 0 Å². The third-order valence-corrected chi connectivity index (χ3v) is 1.19. The normalized spacial score (nSPS) is 9.64. The van der Waals surface area contributed by atoms with Gasteiger partial charge in [0, 0.05) is 13.5 Å². The van der Waals surface area contributed by atoms with E-state index in [2.05, 4.69) is 15.6 Å². The number of carbonyl (C=O) groups is 1. The third-order valence-electron chi connectivity index (χ3n) is 1.19. The molecule has 1 heterocycles. The molecule has 0 fully saturated rings. The zero-order chi connectivity index (χ0) is 8.27. The number of amides is 1. The Hall–Kier alpha value is -1.39. The summed E-state index contributed by atoms with van der Waals surface area (Å²) in [5, 5.41) is 9.92. The predicted octanol–water partition coefficient (Wildman–Crippen LogP) is 0.164. The smallest absolute Gasteiger partial charge is 0.225 e. The molecule has 5 heteroatoms. The van der Waals surface area contributed by atoms with Crippen LogP contribution in [0, 0.1) is 0 Å². The summed E-state index contributed by atoms with van der Waals surface area (Å²) in [5.74, 6) is 0.449. The molecule has 11 heavy (non-hydrogen) atoms. The molecular formula is C6H10N4O. The maximum absolute atomic E-state index is 10.8. The maximum atomic E-state index is 10.8. The molecule has 0 saturated heterocycles. The highest BCUT2D eigenvalue weighted by atomic mass is 16.1. The number of hydrogen-bond acceptors (Lipinski definition) is 3. The average molecular weight is 154 g/mol. The van der Waals surface area contributed by atoms with Crippen molar-refractivity contribution >= 4 is 11.7 Å². The van der Waals surface area contributed by atoms with Crippen LogP contribution in [0.4, 0.5) is 5.82 Å². The van der Waals surface area contributed by atoms with Gasteiger partial charge in [0.05, 0.1) is 6.20 Å². The third kappa shape index (κ3) is 2.03. The Bertz CT molecular complexity index is 255. The highest BCUT2D eigenvalue weighted by molar-refractivity contribution is 5.89. The van der Waals surface area contributed by atoms with E-state index in [0.29, 0.717) is 12.2 Å². The van der Waals surface area contributed by atoms with Gasteiger partial charge in [-0.2, -0.15) is 0 Å². The van der Waals surface area contributed by atoms with Gasteiger partial charge in [0.2, 0.25) is 5.91 Å². The molecule has 1 aromatic heterocycles. The monoisotopic (exact) mass is 154 g/mol. The molecule has 0 bridgehead atoms. The van der Waals surface area contributed by atoms with E-state index in [9.17, 15) is 4.79 Å². The summed E-state index contributed by atoms with van der Waals surface area (Å²) in [7, 11) is 1.74. The van der Waals surface area contributed by atoms with Gasteiger partial charge < -0.3 is 5.32 Å². The lowest BCUT2D eigenvalue weighted by molar-refractivity contribution is -0.115. The first-order chi connectivity index (χ1) is 5.22. The number of rotatable bonds is 2. The lowest BCUT2D eigenvalue weighted by atomic mass is 10.4. The van der Waals surface area contributed by atoms with E-state index >= 15 is 0 Å². The topological polar surface area (TPSA) is 59.8 Å². The second-order valence-electron chi connectivity index (χ2n) is 2.18. The SMILES string of the molecule is CCC(=O)Nc1cn(C)nn1. The molecule has 1 amide bonds. The molecule has 0 aliphatic carbocycles. The van der Waals surface area contributed by atoms with Crippen LogP contribution in [-0.4, -0.2) is 20.9 Å². The van der Waals surface area contributed by atoms with Gasteiger partial charge in [0.1, 0.15) is 0 Å². The highest BCUT2D eigenvalue weighted by Gasteiger charge is 2.00. The Morgan fingerprint density at radius 3 is 3.00 bits per heavy atom. The minimum absolute atomic E-state index is 0.0505. The van der Waals surface area contributed by atoms with Crippen molar-refractivity contribution in [2.24, 2.45) is 7.05 Å². The molecule has 0 aliphatic rings. The Balaban J connectivity index is 2.57. The molecule has 1 N–H and O–H groups in total. The number of nitrogens with one attached hydrogen (secondary N) is 1. The quantitative estimate of drug-likeness (QED) is 0.660. The highest BCUT2D eigenvalue weighted by Crippen LogP contribution is 1.98. The van der Waals surface area contributed by atoms with Crippen molar-refractivity contribution in [2.75, 3.05) is 5.32 Å². The molecule has 5 nitrogen and oxygen atoms in total. The molecule has 0 spiro atoms. The molecule has 0 aliphatic heterocycles. The molecule has 0 atom stereocenters. The number of aryl methyl sites for hydroxylation is 1. The first-order valence-corrected chi connectivity index (χ1v) is 3.38. The minimum atomic E-state index is -0.0505. The van der Waals surface area contributed by atoms with Crippen molar-refractivity contribution in [2.45, 2.75) is 13.3 Å². The van der Waals surface area contributed by atoms with Gasteiger partial charge in [-0.05, 0) is 0 Å². The van der Waals surface area contributed by atoms with Gasteiger partial charge in [-0.3, -0.25) is 9.48 Å². The Morgan fingerprint density at radius 1 is 1.82 bits per heavy atom. The lowest BCUT2D eigenvalue weighted by Gasteiger charge is -1.94. The van der Waals surface area contributed by atoms with Crippen molar-refractivity contribution in [3.63, 3.8) is 0 Å². The first kappa shape index (κ1) is 7.71.